The molecule has 0 aliphatic carbocycles. The molecular weight excluding hydrogens is 184 g/mol. The summed E-state index contributed by atoms with van der Waals surface area (Å²) >= 11 is 0. The van der Waals surface area contributed by atoms with Gasteiger partial charge in [-0.1, -0.05) is 32.9 Å². The number of rotatable bonds is 4. The van der Waals surface area contributed by atoms with Crippen molar-refractivity contribution in [1.82, 2.24) is 0 Å². The van der Waals surface area contributed by atoms with Crippen LogP contribution in [-0.2, 0) is 0 Å². The summed E-state index contributed by atoms with van der Waals surface area (Å²) in [5.74, 6) is 0. The van der Waals surface area contributed by atoms with Crippen molar-refractivity contribution in [3.63, 3.8) is 0 Å². The van der Waals surface area contributed by atoms with Crippen molar-refractivity contribution in [2.24, 2.45) is 5.41 Å². The molecule has 0 aliphatic heterocycles. The summed E-state index contributed by atoms with van der Waals surface area (Å²) in [4.78, 5) is 0. The van der Waals surface area contributed by atoms with Crippen molar-refractivity contribution in [2.45, 2.75) is 27.2 Å². The highest BCUT2D eigenvalue weighted by atomic mass is 14.9. The molecular formula is C13H18N2. The van der Waals surface area contributed by atoms with Gasteiger partial charge in [-0.2, -0.15) is 5.26 Å². The highest BCUT2D eigenvalue weighted by Gasteiger charge is 2.14. The number of hydrogen-bond donors (Lipinski definition) is 1. The minimum absolute atomic E-state index is 0.266. The van der Waals surface area contributed by atoms with Gasteiger partial charge in [-0.15, -0.1) is 0 Å². The van der Waals surface area contributed by atoms with Crippen molar-refractivity contribution in [3.8, 4) is 6.07 Å². The fourth-order valence-electron chi connectivity index (χ4n) is 1.19. The van der Waals surface area contributed by atoms with Crippen LogP contribution in [0.15, 0.2) is 24.3 Å². The molecule has 0 saturated heterocycles. The Labute approximate surface area is 91.9 Å². The molecule has 2 heteroatoms. The maximum Gasteiger partial charge on any atom is 0.101 e. The van der Waals surface area contributed by atoms with Crippen LogP contribution < -0.4 is 5.32 Å². The Morgan fingerprint density at radius 3 is 2.60 bits per heavy atom. The van der Waals surface area contributed by atoms with Gasteiger partial charge in [-0.25, -0.2) is 0 Å². The molecule has 0 atom stereocenters. The van der Waals surface area contributed by atoms with E-state index in [0.29, 0.717) is 5.56 Å². The maximum atomic E-state index is 8.92. The molecule has 0 fully saturated rings. The Morgan fingerprint density at radius 2 is 2.00 bits per heavy atom. The maximum absolute atomic E-state index is 8.92. The summed E-state index contributed by atoms with van der Waals surface area (Å²) in [6.45, 7) is 7.50. The predicted molar refractivity (Wildman–Crippen MR) is 63.7 cm³/mol. The van der Waals surface area contributed by atoms with Gasteiger partial charge < -0.3 is 5.32 Å². The van der Waals surface area contributed by atoms with E-state index in [-0.39, 0.29) is 5.41 Å². The number of nitrogens with one attached hydrogen (secondary N) is 1. The third-order valence-corrected chi connectivity index (χ3v) is 2.76. The molecule has 0 spiro atoms. The first kappa shape index (κ1) is 11.6. The molecule has 0 aromatic heterocycles. The molecule has 0 heterocycles. The second-order valence-corrected chi connectivity index (χ2v) is 4.53. The first-order valence-corrected chi connectivity index (χ1v) is 5.32. The van der Waals surface area contributed by atoms with Crippen molar-refractivity contribution in [2.75, 3.05) is 11.9 Å². The van der Waals surface area contributed by atoms with Crippen LogP contribution in [0.4, 0.5) is 5.69 Å². The standard InChI is InChI=1S/C13H18N2/c1-4-13(2,3)10-15-12-8-6-5-7-11(12)9-14/h5-8,15H,4,10H2,1-3H3. The van der Waals surface area contributed by atoms with Crippen molar-refractivity contribution in [3.05, 3.63) is 29.8 Å². The predicted octanol–water partition coefficient (Wildman–Crippen LogP) is 3.41. The number of para-hydroxylation sites is 1. The molecule has 1 aromatic carbocycles. The largest absolute Gasteiger partial charge is 0.383 e. The summed E-state index contributed by atoms with van der Waals surface area (Å²) in [6.07, 6.45) is 1.12. The minimum Gasteiger partial charge on any atom is -0.383 e. The molecule has 0 aliphatic rings. The lowest BCUT2D eigenvalue weighted by Crippen LogP contribution is -2.22. The number of benzene rings is 1. The zero-order valence-corrected chi connectivity index (χ0v) is 9.67. The van der Waals surface area contributed by atoms with Gasteiger partial charge >= 0.3 is 0 Å². The van der Waals surface area contributed by atoms with Crippen molar-refractivity contribution in [1.29, 1.82) is 5.26 Å². The third-order valence-electron chi connectivity index (χ3n) is 2.76. The van der Waals surface area contributed by atoms with Crippen LogP contribution in [0.25, 0.3) is 0 Å². The Balaban J connectivity index is 2.70. The molecule has 1 rings (SSSR count). The van der Waals surface area contributed by atoms with Gasteiger partial charge in [0.15, 0.2) is 0 Å². The molecule has 2 nitrogen and oxygen atoms in total. The first-order valence-electron chi connectivity index (χ1n) is 5.32. The first-order chi connectivity index (χ1) is 7.09. The van der Waals surface area contributed by atoms with Crippen LogP contribution in [0.1, 0.15) is 32.8 Å². The Hall–Kier alpha value is -1.49. The summed E-state index contributed by atoms with van der Waals surface area (Å²) in [5, 5.41) is 12.2. The van der Waals surface area contributed by atoms with Crippen LogP contribution in [0.3, 0.4) is 0 Å². The molecule has 0 bridgehead atoms. The Morgan fingerprint density at radius 1 is 1.33 bits per heavy atom. The van der Waals surface area contributed by atoms with Crippen LogP contribution >= 0.6 is 0 Å². The number of anilines is 1. The zero-order valence-electron chi connectivity index (χ0n) is 9.67. The fraction of sp³-hybridized carbons (Fsp3) is 0.462. The average molecular weight is 202 g/mol. The fourth-order valence-corrected chi connectivity index (χ4v) is 1.19. The molecule has 1 N–H and O–H groups in total. The van der Waals surface area contributed by atoms with E-state index in [9.17, 15) is 0 Å². The Kier molecular flexibility index (Phi) is 3.74. The van der Waals surface area contributed by atoms with E-state index in [1.807, 2.05) is 24.3 Å². The van der Waals surface area contributed by atoms with Crippen molar-refractivity contribution >= 4 is 5.69 Å². The van der Waals surface area contributed by atoms with E-state index in [2.05, 4.69) is 32.2 Å². The van der Waals surface area contributed by atoms with E-state index in [0.717, 1.165) is 18.7 Å². The second kappa shape index (κ2) is 4.84. The zero-order chi connectivity index (χ0) is 11.3. The molecule has 80 valence electrons. The lowest BCUT2D eigenvalue weighted by atomic mass is 9.90. The topological polar surface area (TPSA) is 35.8 Å². The monoisotopic (exact) mass is 202 g/mol. The van der Waals surface area contributed by atoms with Crippen molar-refractivity contribution < 1.29 is 0 Å². The Bertz CT molecular complexity index is 361. The van der Waals surface area contributed by atoms with Gasteiger partial charge in [0.1, 0.15) is 6.07 Å². The van der Waals surface area contributed by atoms with Gasteiger partial charge in [0.05, 0.1) is 11.3 Å². The van der Waals surface area contributed by atoms with E-state index in [4.69, 9.17) is 5.26 Å². The second-order valence-electron chi connectivity index (χ2n) is 4.53. The summed E-state index contributed by atoms with van der Waals surface area (Å²) in [6, 6.07) is 9.80. The van der Waals surface area contributed by atoms with Gasteiger partial charge in [0.25, 0.3) is 0 Å². The molecule has 0 amide bonds. The van der Waals surface area contributed by atoms with E-state index in [1.165, 1.54) is 0 Å². The van der Waals surface area contributed by atoms with Crippen LogP contribution in [0, 0.1) is 16.7 Å². The van der Waals surface area contributed by atoms with E-state index < -0.39 is 0 Å². The quantitative estimate of drug-likeness (QED) is 0.812. The number of hydrogen-bond acceptors (Lipinski definition) is 2. The lowest BCUT2D eigenvalue weighted by Gasteiger charge is -2.23. The normalized spacial score (nSPS) is 10.8. The van der Waals surface area contributed by atoms with E-state index in [1.54, 1.807) is 0 Å². The van der Waals surface area contributed by atoms with Gasteiger partial charge in [0, 0.05) is 6.54 Å². The minimum atomic E-state index is 0.266. The van der Waals surface area contributed by atoms with Gasteiger partial charge in [0.2, 0.25) is 0 Å². The number of nitrogens with zero attached hydrogens (tertiary/aromatic N) is 1. The molecule has 15 heavy (non-hydrogen) atoms. The highest BCUT2D eigenvalue weighted by Crippen LogP contribution is 2.21. The van der Waals surface area contributed by atoms with Crippen LogP contribution in [0.5, 0.6) is 0 Å². The van der Waals surface area contributed by atoms with E-state index >= 15 is 0 Å². The number of nitriles is 1. The van der Waals surface area contributed by atoms with Crippen LogP contribution in [-0.4, -0.2) is 6.54 Å². The summed E-state index contributed by atoms with van der Waals surface area (Å²) in [7, 11) is 0. The smallest absolute Gasteiger partial charge is 0.101 e. The molecule has 0 saturated carbocycles. The molecule has 0 unspecified atom stereocenters. The molecule has 1 aromatic rings. The average Bonchev–Trinajstić information content (AvgIpc) is 2.27. The van der Waals surface area contributed by atoms with Crippen LogP contribution in [0.2, 0.25) is 0 Å². The van der Waals surface area contributed by atoms with Gasteiger partial charge in [-0.3, -0.25) is 0 Å². The molecule has 0 radical (unpaired) electrons. The lowest BCUT2D eigenvalue weighted by molar-refractivity contribution is 0.377. The third kappa shape index (κ3) is 3.28. The highest BCUT2D eigenvalue weighted by molar-refractivity contribution is 5.57. The summed E-state index contributed by atoms with van der Waals surface area (Å²) < 4.78 is 0. The SMILES string of the molecule is CCC(C)(C)CNc1ccccc1C#N. The summed E-state index contributed by atoms with van der Waals surface area (Å²) in [5.41, 5.74) is 1.91. The van der Waals surface area contributed by atoms with Gasteiger partial charge in [-0.05, 0) is 24.0 Å².